The summed E-state index contributed by atoms with van der Waals surface area (Å²) in [5, 5.41) is 0. The van der Waals surface area contributed by atoms with Gasteiger partial charge in [-0.3, -0.25) is 4.79 Å². The van der Waals surface area contributed by atoms with Gasteiger partial charge in [0.05, 0.1) is 6.42 Å². The van der Waals surface area contributed by atoms with Crippen LogP contribution in [0.15, 0.2) is 0 Å². The zero-order valence-corrected chi connectivity index (χ0v) is 8.13. The molecular weight excluding hydrogens is 156 g/mol. The highest BCUT2D eigenvalue weighted by molar-refractivity contribution is 5.78. The van der Waals surface area contributed by atoms with Gasteiger partial charge in [0.2, 0.25) is 0 Å². The van der Waals surface area contributed by atoms with Crippen molar-refractivity contribution >= 4 is 5.78 Å². The summed E-state index contributed by atoms with van der Waals surface area (Å²) in [6.45, 7) is 2.07. The van der Waals surface area contributed by atoms with Crippen LogP contribution in [0, 0.1) is 0 Å². The first kappa shape index (κ1) is 11.6. The molecule has 0 aromatic heterocycles. The molecular formula is C9H18O3. The summed E-state index contributed by atoms with van der Waals surface area (Å²) in [4.78, 5) is 11.2. The van der Waals surface area contributed by atoms with Crippen LogP contribution in [0.2, 0.25) is 0 Å². The summed E-state index contributed by atoms with van der Waals surface area (Å²) < 4.78 is 9.81. The van der Waals surface area contributed by atoms with Gasteiger partial charge in [0.15, 0.2) is 6.29 Å². The maximum Gasteiger partial charge on any atom is 0.163 e. The summed E-state index contributed by atoms with van der Waals surface area (Å²) in [6, 6.07) is 0. The van der Waals surface area contributed by atoms with Gasteiger partial charge >= 0.3 is 0 Å². The van der Waals surface area contributed by atoms with Crippen LogP contribution in [0.3, 0.4) is 0 Å². The van der Waals surface area contributed by atoms with Crippen molar-refractivity contribution in [3.05, 3.63) is 0 Å². The van der Waals surface area contributed by atoms with Crippen LogP contribution < -0.4 is 0 Å². The second-order valence-electron chi connectivity index (χ2n) is 2.75. The SMILES string of the molecule is CCCCC(=O)CC(OC)OC. The van der Waals surface area contributed by atoms with Crippen LogP contribution >= 0.6 is 0 Å². The van der Waals surface area contributed by atoms with E-state index in [2.05, 4.69) is 6.92 Å². The third kappa shape index (κ3) is 5.27. The van der Waals surface area contributed by atoms with Gasteiger partial charge in [-0.25, -0.2) is 0 Å². The van der Waals surface area contributed by atoms with Gasteiger partial charge in [0.1, 0.15) is 5.78 Å². The number of hydrogen-bond acceptors (Lipinski definition) is 3. The van der Waals surface area contributed by atoms with Crippen LogP contribution in [0.25, 0.3) is 0 Å². The minimum Gasteiger partial charge on any atom is -0.355 e. The molecule has 0 rings (SSSR count). The lowest BCUT2D eigenvalue weighted by molar-refractivity contribution is -0.137. The van der Waals surface area contributed by atoms with Crippen molar-refractivity contribution in [2.24, 2.45) is 0 Å². The molecule has 0 radical (unpaired) electrons. The standard InChI is InChI=1S/C9H18O3/c1-4-5-6-8(10)7-9(11-2)12-3/h9H,4-7H2,1-3H3. The quantitative estimate of drug-likeness (QED) is 0.552. The molecule has 0 fully saturated rings. The van der Waals surface area contributed by atoms with Crippen molar-refractivity contribution in [2.75, 3.05) is 14.2 Å². The monoisotopic (exact) mass is 174 g/mol. The van der Waals surface area contributed by atoms with Gasteiger partial charge in [0.25, 0.3) is 0 Å². The number of unbranched alkanes of at least 4 members (excludes halogenated alkanes) is 1. The molecule has 0 aromatic carbocycles. The van der Waals surface area contributed by atoms with Crippen molar-refractivity contribution in [3.63, 3.8) is 0 Å². The van der Waals surface area contributed by atoms with Gasteiger partial charge in [-0.2, -0.15) is 0 Å². The number of methoxy groups -OCH3 is 2. The van der Waals surface area contributed by atoms with Crippen LogP contribution in [-0.4, -0.2) is 26.3 Å². The molecule has 0 aliphatic carbocycles. The lowest BCUT2D eigenvalue weighted by Crippen LogP contribution is -2.17. The van der Waals surface area contributed by atoms with Gasteiger partial charge in [-0.1, -0.05) is 13.3 Å². The second kappa shape index (κ2) is 7.25. The zero-order valence-electron chi connectivity index (χ0n) is 8.13. The largest absolute Gasteiger partial charge is 0.355 e. The van der Waals surface area contributed by atoms with E-state index in [4.69, 9.17) is 9.47 Å². The van der Waals surface area contributed by atoms with E-state index in [9.17, 15) is 4.79 Å². The fourth-order valence-corrected chi connectivity index (χ4v) is 0.925. The summed E-state index contributed by atoms with van der Waals surface area (Å²) in [5.74, 6) is 0.213. The summed E-state index contributed by atoms with van der Waals surface area (Å²) >= 11 is 0. The van der Waals surface area contributed by atoms with Crippen molar-refractivity contribution in [1.29, 1.82) is 0 Å². The lowest BCUT2D eigenvalue weighted by atomic mass is 10.1. The Bertz CT molecular complexity index is 119. The Hall–Kier alpha value is -0.410. The molecule has 0 aliphatic rings. The molecule has 3 heteroatoms. The highest BCUT2D eigenvalue weighted by Gasteiger charge is 2.10. The van der Waals surface area contributed by atoms with Crippen LogP contribution in [0.1, 0.15) is 32.6 Å². The van der Waals surface area contributed by atoms with E-state index in [-0.39, 0.29) is 12.1 Å². The molecule has 3 nitrogen and oxygen atoms in total. The third-order valence-electron chi connectivity index (χ3n) is 1.73. The molecule has 72 valence electrons. The van der Waals surface area contributed by atoms with E-state index in [1.54, 1.807) is 14.2 Å². The van der Waals surface area contributed by atoms with Crippen molar-refractivity contribution in [3.8, 4) is 0 Å². The molecule has 0 unspecified atom stereocenters. The van der Waals surface area contributed by atoms with E-state index in [1.165, 1.54) is 0 Å². The molecule has 0 heterocycles. The predicted molar refractivity (Wildman–Crippen MR) is 47.0 cm³/mol. The fraction of sp³-hybridized carbons (Fsp3) is 0.889. The minimum atomic E-state index is -0.366. The van der Waals surface area contributed by atoms with Gasteiger partial charge in [-0.15, -0.1) is 0 Å². The Labute approximate surface area is 74.0 Å². The lowest BCUT2D eigenvalue weighted by Gasteiger charge is -2.11. The first-order valence-electron chi connectivity index (χ1n) is 4.31. The molecule has 0 aliphatic heterocycles. The van der Waals surface area contributed by atoms with E-state index in [1.807, 2.05) is 0 Å². The first-order valence-corrected chi connectivity index (χ1v) is 4.31. The number of ketones is 1. The second-order valence-corrected chi connectivity index (χ2v) is 2.75. The van der Waals surface area contributed by atoms with Gasteiger partial charge in [-0.05, 0) is 6.42 Å². The molecule has 0 saturated heterocycles. The van der Waals surface area contributed by atoms with E-state index in [0.29, 0.717) is 12.8 Å². The number of hydrogen-bond donors (Lipinski definition) is 0. The molecule has 0 bridgehead atoms. The Morgan fingerprint density at radius 2 is 1.92 bits per heavy atom. The molecule has 12 heavy (non-hydrogen) atoms. The van der Waals surface area contributed by atoms with Crippen molar-refractivity contribution < 1.29 is 14.3 Å². The zero-order chi connectivity index (χ0) is 9.40. The number of ether oxygens (including phenoxy) is 2. The summed E-state index contributed by atoms with van der Waals surface area (Å²) in [7, 11) is 3.09. The highest BCUT2D eigenvalue weighted by Crippen LogP contribution is 2.04. The van der Waals surface area contributed by atoms with Crippen LogP contribution in [0.4, 0.5) is 0 Å². The molecule has 0 amide bonds. The predicted octanol–water partition coefficient (Wildman–Crippen LogP) is 1.75. The summed E-state index contributed by atoms with van der Waals surface area (Å²) in [5.41, 5.74) is 0. The minimum absolute atomic E-state index is 0.213. The Kier molecular flexibility index (Phi) is 7.00. The van der Waals surface area contributed by atoms with E-state index < -0.39 is 0 Å². The molecule has 0 atom stereocenters. The Balaban J connectivity index is 3.52. The smallest absolute Gasteiger partial charge is 0.163 e. The Morgan fingerprint density at radius 3 is 2.33 bits per heavy atom. The number of rotatable bonds is 7. The molecule has 0 spiro atoms. The van der Waals surface area contributed by atoms with Crippen molar-refractivity contribution in [2.45, 2.75) is 38.9 Å². The summed E-state index contributed by atoms with van der Waals surface area (Å²) in [6.07, 6.45) is 2.65. The number of carbonyl (C=O) groups excluding carboxylic acids is 1. The van der Waals surface area contributed by atoms with Gasteiger partial charge in [0, 0.05) is 20.6 Å². The average molecular weight is 174 g/mol. The normalized spacial score (nSPS) is 10.7. The van der Waals surface area contributed by atoms with Crippen molar-refractivity contribution in [1.82, 2.24) is 0 Å². The maximum absolute atomic E-state index is 11.2. The fourth-order valence-electron chi connectivity index (χ4n) is 0.925. The van der Waals surface area contributed by atoms with Crippen LogP contribution in [0.5, 0.6) is 0 Å². The number of Topliss-reactive ketones (excluding diaryl/α,β-unsaturated/α-hetero) is 1. The molecule has 0 saturated carbocycles. The molecule has 0 aromatic rings. The van der Waals surface area contributed by atoms with E-state index in [0.717, 1.165) is 12.8 Å². The number of carbonyl (C=O) groups is 1. The van der Waals surface area contributed by atoms with Crippen LogP contribution in [-0.2, 0) is 14.3 Å². The molecule has 0 N–H and O–H groups in total. The van der Waals surface area contributed by atoms with E-state index >= 15 is 0 Å². The van der Waals surface area contributed by atoms with Gasteiger partial charge < -0.3 is 9.47 Å². The topological polar surface area (TPSA) is 35.5 Å². The maximum atomic E-state index is 11.2. The average Bonchev–Trinajstić information content (AvgIpc) is 2.10. The first-order chi connectivity index (χ1) is 5.74. The highest BCUT2D eigenvalue weighted by atomic mass is 16.7. The Morgan fingerprint density at radius 1 is 1.33 bits per heavy atom. The third-order valence-corrected chi connectivity index (χ3v) is 1.73.